The lowest BCUT2D eigenvalue weighted by molar-refractivity contribution is 0.646. The molecule has 4 rings (SSSR count). The molecule has 22 heavy (non-hydrogen) atoms. The van der Waals surface area contributed by atoms with Crippen molar-refractivity contribution in [2.45, 2.75) is 26.8 Å². The molecule has 0 aliphatic carbocycles. The monoisotopic (exact) mass is 292 g/mol. The van der Waals surface area contributed by atoms with Gasteiger partial charge < -0.3 is 0 Å². The van der Waals surface area contributed by atoms with Gasteiger partial charge in [-0.05, 0) is 43.2 Å². The highest BCUT2D eigenvalue weighted by Crippen LogP contribution is 2.14. The Morgan fingerprint density at radius 1 is 1.09 bits per heavy atom. The largest absolute Gasteiger partial charge is 0.239 e. The summed E-state index contributed by atoms with van der Waals surface area (Å²) in [5, 5.41) is 13.1. The average Bonchev–Trinajstić information content (AvgIpc) is 3.11. The summed E-state index contributed by atoms with van der Waals surface area (Å²) in [6, 6.07) is 10.1. The smallest absolute Gasteiger partial charge is 0.153 e. The van der Waals surface area contributed by atoms with Crippen molar-refractivity contribution in [2.75, 3.05) is 0 Å². The van der Waals surface area contributed by atoms with Crippen LogP contribution in [0.3, 0.4) is 0 Å². The van der Waals surface area contributed by atoms with Crippen molar-refractivity contribution in [3.05, 3.63) is 53.5 Å². The lowest BCUT2D eigenvalue weighted by Crippen LogP contribution is -2.06. The summed E-state index contributed by atoms with van der Waals surface area (Å²) in [5.41, 5.74) is 5.98. The van der Waals surface area contributed by atoms with Gasteiger partial charge in [0.05, 0.1) is 29.6 Å². The zero-order valence-electron chi connectivity index (χ0n) is 12.6. The van der Waals surface area contributed by atoms with E-state index in [9.17, 15) is 0 Å². The third-order valence-corrected chi connectivity index (χ3v) is 3.77. The van der Waals surface area contributed by atoms with Crippen LogP contribution in [0, 0.1) is 6.92 Å². The van der Waals surface area contributed by atoms with E-state index in [4.69, 9.17) is 0 Å². The van der Waals surface area contributed by atoms with Crippen LogP contribution in [0.4, 0.5) is 0 Å². The molecule has 110 valence electrons. The Kier molecular flexibility index (Phi) is 2.89. The molecule has 0 fully saturated rings. The van der Waals surface area contributed by atoms with E-state index in [0.717, 1.165) is 34.5 Å². The third kappa shape index (κ3) is 2.13. The molecule has 0 atom stereocenters. The number of aryl methyl sites for hydroxylation is 2. The summed E-state index contributed by atoms with van der Waals surface area (Å²) in [7, 11) is 0. The second-order valence-electron chi connectivity index (χ2n) is 5.45. The van der Waals surface area contributed by atoms with Gasteiger partial charge in [0.25, 0.3) is 0 Å². The van der Waals surface area contributed by atoms with Crippen molar-refractivity contribution >= 4 is 16.7 Å². The molecule has 0 saturated carbocycles. The van der Waals surface area contributed by atoms with Crippen LogP contribution in [0.5, 0.6) is 0 Å². The van der Waals surface area contributed by atoms with Gasteiger partial charge in [-0.15, -0.1) is 5.10 Å². The Hall–Kier alpha value is -2.76. The molecule has 0 aliphatic heterocycles. The maximum atomic E-state index is 4.61. The summed E-state index contributed by atoms with van der Waals surface area (Å²) < 4.78 is 3.71. The summed E-state index contributed by atoms with van der Waals surface area (Å²) in [5.74, 6) is 0. The highest BCUT2D eigenvalue weighted by Gasteiger charge is 2.07. The summed E-state index contributed by atoms with van der Waals surface area (Å²) in [6.45, 7) is 4.75. The van der Waals surface area contributed by atoms with Crippen LogP contribution >= 0.6 is 0 Å². The van der Waals surface area contributed by atoms with Gasteiger partial charge >= 0.3 is 0 Å². The van der Waals surface area contributed by atoms with E-state index in [1.807, 2.05) is 39.7 Å². The maximum absolute atomic E-state index is 4.61. The summed E-state index contributed by atoms with van der Waals surface area (Å²) >= 11 is 0. The molecule has 0 N–H and O–H groups in total. The van der Waals surface area contributed by atoms with E-state index in [-0.39, 0.29) is 0 Å². The van der Waals surface area contributed by atoms with Gasteiger partial charge in [0.2, 0.25) is 0 Å². The van der Waals surface area contributed by atoms with Gasteiger partial charge in [-0.1, -0.05) is 18.2 Å². The number of fused-ring (bicyclic) bond motifs is 2. The fourth-order valence-corrected chi connectivity index (χ4v) is 2.57. The van der Waals surface area contributed by atoms with E-state index in [2.05, 4.69) is 40.3 Å². The summed E-state index contributed by atoms with van der Waals surface area (Å²) in [4.78, 5) is 4.50. The van der Waals surface area contributed by atoms with Crippen molar-refractivity contribution in [3.8, 4) is 0 Å². The van der Waals surface area contributed by atoms with Crippen LogP contribution in [0.15, 0.2) is 36.5 Å². The Bertz CT molecular complexity index is 965. The van der Waals surface area contributed by atoms with Crippen molar-refractivity contribution < 1.29 is 0 Å². The normalized spacial score (nSPS) is 11.5. The lowest BCUT2D eigenvalue weighted by Gasteiger charge is -2.03. The second kappa shape index (κ2) is 4.91. The topological polar surface area (TPSA) is 60.9 Å². The van der Waals surface area contributed by atoms with E-state index < -0.39 is 0 Å². The van der Waals surface area contributed by atoms with E-state index in [1.165, 1.54) is 5.56 Å². The number of benzene rings is 1. The molecule has 6 nitrogen and oxygen atoms in total. The third-order valence-electron chi connectivity index (χ3n) is 3.77. The first-order chi connectivity index (χ1) is 10.7. The van der Waals surface area contributed by atoms with Crippen LogP contribution in [-0.2, 0) is 13.0 Å². The Balaban J connectivity index is 1.73. The van der Waals surface area contributed by atoms with Gasteiger partial charge in [0.15, 0.2) is 5.65 Å². The fourth-order valence-electron chi connectivity index (χ4n) is 2.57. The molecule has 0 spiro atoms. The molecule has 0 unspecified atom stereocenters. The van der Waals surface area contributed by atoms with Crippen LogP contribution in [0.2, 0.25) is 0 Å². The van der Waals surface area contributed by atoms with Crippen LogP contribution in [-0.4, -0.2) is 29.6 Å². The number of imidazole rings is 1. The molecule has 3 aromatic heterocycles. The van der Waals surface area contributed by atoms with Crippen molar-refractivity contribution in [2.24, 2.45) is 0 Å². The van der Waals surface area contributed by atoms with Crippen molar-refractivity contribution in [1.29, 1.82) is 0 Å². The van der Waals surface area contributed by atoms with E-state index in [1.54, 1.807) is 0 Å². The highest BCUT2D eigenvalue weighted by atomic mass is 15.4. The Labute approximate surface area is 127 Å². The Morgan fingerprint density at radius 2 is 2.00 bits per heavy atom. The zero-order valence-corrected chi connectivity index (χ0v) is 12.6. The van der Waals surface area contributed by atoms with Crippen molar-refractivity contribution in [1.82, 2.24) is 29.6 Å². The lowest BCUT2D eigenvalue weighted by atomic mass is 10.2. The standard InChI is InChI=1S/C16H16N6/c1-3-12-9-22-16(17-12)7-5-13(19-22)10-21-15-8-11(2)4-6-14(15)18-20-21/h4-9H,3,10H2,1-2H3. The highest BCUT2D eigenvalue weighted by molar-refractivity contribution is 5.75. The number of nitrogens with zero attached hydrogens (tertiary/aromatic N) is 6. The van der Waals surface area contributed by atoms with E-state index >= 15 is 0 Å². The molecule has 0 radical (unpaired) electrons. The fraction of sp³-hybridized carbons (Fsp3) is 0.250. The second-order valence-corrected chi connectivity index (χ2v) is 5.45. The number of hydrogen-bond acceptors (Lipinski definition) is 4. The molecule has 0 bridgehead atoms. The molecule has 4 aromatic rings. The van der Waals surface area contributed by atoms with Crippen LogP contribution < -0.4 is 0 Å². The molecule has 0 amide bonds. The number of rotatable bonds is 3. The molecule has 0 aliphatic rings. The minimum atomic E-state index is 0.593. The van der Waals surface area contributed by atoms with E-state index in [0.29, 0.717) is 6.54 Å². The van der Waals surface area contributed by atoms with Crippen LogP contribution in [0.25, 0.3) is 16.7 Å². The molecular formula is C16H16N6. The first kappa shape index (κ1) is 12.9. The quantitative estimate of drug-likeness (QED) is 0.581. The molecule has 3 heterocycles. The minimum absolute atomic E-state index is 0.593. The molecule has 6 heteroatoms. The minimum Gasteiger partial charge on any atom is -0.239 e. The van der Waals surface area contributed by atoms with Gasteiger partial charge in [0.1, 0.15) is 5.52 Å². The van der Waals surface area contributed by atoms with Gasteiger partial charge in [-0.25, -0.2) is 14.2 Å². The molecular weight excluding hydrogens is 276 g/mol. The SMILES string of the molecule is CCc1cn2nc(Cn3nnc4ccc(C)cc43)ccc2n1. The van der Waals surface area contributed by atoms with Gasteiger partial charge in [0, 0.05) is 0 Å². The number of aromatic nitrogens is 6. The first-order valence-corrected chi connectivity index (χ1v) is 7.37. The first-order valence-electron chi connectivity index (χ1n) is 7.37. The molecule has 1 aromatic carbocycles. The maximum Gasteiger partial charge on any atom is 0.153 e. The molecule has 0 saturated heterocycles. The van der Waals surface area contributed by atoms with Gasteiger partial charge in [-0.2, -0.15) is 5.10 Å². The zero-order chi connectivity index (χ0) is 15.1. The Morgan fingerprint density at radius 3 is 2.86 bits per heavy atom. The summed E-state index contributed by atoms with van der Waals surface area (Å²) in [6.07, 6.45) is 2.88. The van der Waals surface area contributed by atoms with Crippen molar-refractivity contribution in [3.63, 3.8) is 0 Å². The number of hydrogen-bond donors (Lipinski definition) is 0. The van der Waals surface area contributed by atoms with Crippen LogP contribution in [0.1, 0.15) is 23.9 Å². The average molecular weight is 292 g/mol. The predicted molar refractivity (Wildman–Crippen MR) is 83.7 cm³/mol. The van der Waals surface area contributed by atoms with Gasteiger partial charge in [-0.3, -0.25) is 0 Å². The predicted octanol–water partition coefficient (Wildman–Crippen LogP) is 2.39.